The molecule has 0 saturated carbocycles. The van der Waals surface area contributed by atoms with Crippen LogP contribution in [0.4, 0.5) is 0 Å². The summed E-state index contributed by atoms with van der Waals surface area (Å²) >= 11 is 0. The van der Waals surface area contributed by atoms with Crippen molar-refractivity contribution in [2.24, 2.45) is 0 Å². The molecule has 0 aliphatic heterocycles. The number of hydrogen-bond donors (Lipinski definition) is 0. The van der Waals surface area contributed by atoms with E-state index in [-0.39, 0.29) is 9.90 Å². The summed E-state index contributed by atoms with van der Waals surface area (Å²) < 4.78 is 0. The van der Waals surface area contributed by atoms with Crippen molar-refractivity contribution in [3.05, 3.63) is 59.2 Å². The van der Waals surface area contributed by atoms with Gasteiger partial charge in [0.05, 0.1) is 0 Å². The van der Waals surface area contributed by atoms with Gasteiger partial charge in [-0.25, -0.2) is 0 Å². The van der Waals surface area contributed by atoms with Gasteiger partial charge in [0.1, 0.15) is 0 Å². The van der Waals surface area contributed by atoms with E-state index in [0.29, 0.717) is 17.8 Å². The van der Waals surface area contributed by atoms with Crippen LogP contribution in [-0.2, 0) is 0 Å². The van der Waals surface area contributed by atoms with Gasteiger partial charge in [-0.15, -0.1) is 0 Å². The summed E-state index contributed by atoms with van der Waals surface area (Å²) in [5.74, 6) is 1.65. The molecule has 0 nitrogen and oxygen atoms in total. The minimum Gasteiger partial charge on any atom is -0.153 e. The molecule has 2 rings (SSSR count). The van der Waals surface area contributed by atoms with Crippen molar-refractivity contribution in [1.29, 1.82) is 0 Å². The molecule has 1 unspecified atom stereocenters. The van der Waals surface area contributed by atoms with Crippen LogP contribution in [0.5, 0.6) is 0 Å². The predicted molar refractivity (Wildman–Crippen MR) is 105 cm³/mol. The number of rotatable bonds is 4. The van der Waals surface area contributed by atoms with E-state index in [9.17, 15) is 0 Å². The third kappa shape index (κ3) is 3.99. The topological polar surface area (TPSA) is 0 Å². The van der Waals surface area contributed by atoms with Gasteiger partial charge in [-0.2, -0.15) is 9.90 Å². The van der Waals surface area contributed by atoms with Gasteiger partial charge in [0.2, 0.25) is 0 Å². The van der Waals surface area contributed by atoms with E-state index in [4.69, 9.17) is 0 Å². The van der Waals surface area contributed by atoms with Crippen LogP contribution in [0.1, 0.15) is 76.0 Å². The number of hydrogen-bond acceptors (Lipinski definition) is 0. The Kier molecular flexibility index (Phi) is 6.82. The fourth-order valence-corrected chi connectivity index (χ4v) is 2.89. The van der Waals surface area contributed by atoms with E-state index in [1.54, 1.807) is 0 Å². The normalized spacial score (nSPS) is 11.1. The molecule has 2 aromatic carbocycles. The molecule has 1 heteroatoms. The third-order valence-electron chi connectivity index (χ3n) is 4.19. The van der Waals surface area contributed by atoms with Gasteiger partial charge in [0.15, 0.2) is 0 Å². The summed E-state index contributed by atoms with van der Waals surface area (Å²) in [6.45, 7) is 13.8. The summed E-state index contributed by atoms with van der Waals surface area (Å²) in [6, 6.07) is 15.7. The average Bonchev–Trinajstić information content (AvgIpc) is 2.46. The van der Waals surface area contributed by atoms with Crippen molar-refractivity contribution >= 4 is 9.90 Å². The van der Waals surface area contributed by atoms with Crippen molar-refractivity contribution in [3.8, 4) is 11.1 Å². The Hall–Kier alpha value is -1.13. The molecule has 1 atom stereocenters. The Morgan fingerprint density at radius 2 is 1.09 bits per heavy atom. The van der Waals surface area contributed by atoms with Crippen molar-refractivity contribution in [2.75, 3.05) is 0 Å². The van der Waals surface area contributed by atoms with Crippen LogP contribution in [0.2, 0.25) is 0 Å². The molecule has 0 aromatic heterocycles. The van der Waals surface area contributed by atoms with E-state index < -0.39 is 0 Å². The first kappa shape index (κ1) is 18.9. The zero-order chi connectivity index (χ0) is 15.6. The summed E-state index contributed by atoms with van der Waals surface area (Å²) in [4.78, 5) is 0. The lowest BCUT2D eigenvalue weighted by Crippen LogP contribution is -2.03. The molecule has 0 amide bonds. The molecule has 0 aliphatic rings. The Balaban J connectivity index is 0.00000242. The highest BCUT2D eigenvalue weighted by Gasteiger charge is 2.18. The molecular formula is C21H31P. The van der Waals surface area contributed by atoms with E-state index in [1.807, 2.05) is 0 Å². The van der Waals surface area contributed by atoms with Gasteiger partial charge in [-0.3, -0.25) is 0 Å². The molecule has 0 spiro atoms. The molecule has 2 aromatic rings. The second-order valence-corrected chi connectivity index (χ2v) is 6.90. The van der Waals surface area contributed by atoms with Crippen molar-refractivity contribution in [2.45, 2.75) is 59.3 Å². The van der Waals surface area contributed by atoms with Gasteiger partial charge in [-0.1, -0.05) is 84.0 Å². The van der Waals surface area contributed by atoms with E-state index in [2.05, 4.69) is 84.0 Å². The molecule has 0 aliphatic carbocycles. The minimum absolute atomic E-state index is 0. The summed E-state index contributed by atoms with van der Waals surface area (Å²) in [7, 11) is 0. The number of benzene rings is 2. The van der Waals surface area contributed by atoms with E-state index >= 15 is 0 Å². The largest absolute Gasteiger partial charge is 0.153 e. The maximum atomic E-state index is 2.42. The standard InChI is InChI=1S/C21H28.H3P/c1-14(2)18-12-19(15(3)4)21(20(13-18)16(5)6)17-10-8-7-9-11-17;/h7-16H,1-6H3;1H3. The minimum atomic E-state index is 0. The lowest BCUT2D eigenvalue weighted by molar-refractivity contribution is 0.807. The van der Waals surface area contributed by atoms with Crippen LogP contribution in [0.25, 0.3) is 11.1 Å². The molecule has 22 heavy (non-hydrogen) atoms. The zero-order valence-electron chi connectivity index (χ0n) is 15.0. The van der Waals surface area contributed by atoms with Gasteiger partial charge in [-0.05, 0) is 45.6 Å². The first-order valence-corrected chi connectivity index (χ1v) is 8.15. The van der Waals surface area contributed by atoms with E-state index in [1.165, 1.54) is 27.8 Å². The van der Waals surface area contributed by atoms with Gasteiger partial charge in [0, 0.05) is 0 Å². The molecule has 0 N–H and O–H groups in total. The highest BCUT2D eigenvalue weighted by Crippen LogP contribution is 2.38. The zero-order valence-corrected chi connectivity index (χ0v) is 16.4. The SMILES string of the molecule is CC(C)c1cc(C(C)C)c(-c2ccccc2)c(C(C)C)c1.P. The van der Waals surface area contributed by atoms with Crippen LogP contribution in [-0.4, -0.2) is 0 Å². The van der Waals surface area contributed by atoms with E-state index in [0.717, 1.165) is 0 Å². The lowest BCUT2D eigenvalue weighted by Gasteiger charge is -2.23. The van der Waals surface area contributed by atoms with Crippen LogP contribution in [0.3, 0.4) is 0 Å². The molecule has 0 radical (unpaired) electrons. The van der Waals surface area contributed by atoms with Crippen molar-refractivity contribution < 1.29 is 0 Å². The maximum absolute atomic E-state index is 2.42. The second-order valence-electron chi connectivity index (χ2n) is 6.90. The Morgan fingerprint density at radius 3 is 1.45 bits per heavy atom. The maximum Gasteiger partial charge on any atom is -0.0114 e. The molecular weight excluding hydrogens is 283 g/mol. The van der Waals surface area contributed by atoms with Crippen LogP contribution >= 0.6 is 9.90 Å². The first-order chi connectivity index (χ1) is 9.91. The third-order valence-corrected chi connectivity index (χ3v) is 4.19. The Bertz CT molecular complexity index is 566. The average molecular weight is 314 g/mol. The van der Waals surface area contributed by atoms with Crippen molar-refractivity contribution in [3.63, 3.8) is 0 Å². The second kappa shape index (κ2) is 7.93. The molecule has 0 heterocycles. The first-order valence-electron chi connectivity index (χ1n) is 8.15. The van der Waals surface area contributed by atoms with Gasteiger partial charge >= 0.3 is 0 Å². The van der Waals surface area contributed by atoms with Crippen LogP contribution in [0.15, 0.2) is 42.5 Å². The fourth-order valence-electron chi connectivity index (χ4n) is 2.89. The lowest BCUT2D eigenvalue weighted by atomic mass is 9.82. The van der Waals surface area contributed by atoms with Crippen molar-refractivity contribution in [1.82, 2.24) is 0 Å². The van der Waals surface area contributed by atoms with Gasteiger partial charge < -0.3 is 0 Å². The molecule has 0 bridgehead atoms. The Labute approximate surface area is 140 Å². The smallest absolute Gasteiger partial charge is 0.0114 e. The van der Waals surface area contributed by atoms with Crippen LogP contribution < -0.4 is 0 Å². The molecule has 0 saturated heterocycles. The summed E-state index contributed by atoms with van der Waals surface area (Å²) in [6.07, 6.45) is 0. The quantitative estimate of drug-likeness (QED) is 0.545. The highest BCUT2D eigenvalue weighted by atomic mass is 31.0. The fraction of sp³-hybridized carbons (Fsp3) is 0.429. The predicted octanol–water partition coefficient (Wildman–Crippen LogP) is 6.78. The highest BCUT2D eigenvalue weighted by molar-refractivity contribution is 6.92. The summed E-state index contributed by atoms with van der Waals surface area (Å²) in [5.41, 5.74) is 7.22. The monoisotopic (exact) mass is 314 g/mol. The van der Waals surface area contributed by atoms with Gasteiger partial charge in [0.25, 0.3) is 0 Å². The molecule has 120 valence electrons. The Morgan fingerprint density at radius 1 is 0.636 bits per heavy atom. The summed E-state index contributed by atoms with van der Waals surface area (Å²) in [5, 5.41) is 0. The molecule has 0 fully saturated rings. The van der Waals surface area contributed by atoms with Crippen LogP contribution in [0, 0.1) is 0 Å².